The first kappa shape index (κ1) is 18.8. The van der Waals surface area contributed by atoms with Gasteiger partial charge in [-0.2, -0.15) is 0 Å². The quantitative estimate of drug-likeness (QED) is 0.796. The first-order valence-corrected chi connectivity index (χ1v) is 8.18. The number of ether oxygens (including phenoxy) is 1. The average Bonchev–Trinajstić information content (AvgIpc) is 2.57. The lowest BCUT2D eigenvalue weighted by molar-refractivity contribution is -0.124. The van der Waals surface area contributed by atoms with Gasteiger partial charge in [0.15, 0.2) is 6.61 Å². The van der Waals surface area contributed by atoms with Crippen LogP contribution in [0.3, 0.4) is 0 Å². The lowest BCUT2D eigenvalue weighted by atomic mass is 10.0. The SMILES string of the molecule is Cc1ccc([C@H](C)NC(=O)COC(=O)c2cc(Cl)ccc2O)cc1C. The summed E-state index contributed by atoms with van der Waals surface area (Å²) in [6.07, 6.45) is 0. The molecule has 2 rings (SSSR count). The van der Waals surface area contributed by atoms with Crippen molar-refractivity contribution in [2.45, 2.75) is 26.8 Å². The Bertz CT molecular complexity index is 804. The summed E-state index contributed by atoms with van der Waals surface area (Å²) in [5.74, 6) is -1.49. The van der Waals surface area contributed by atoms with E-state index in [0.29, 0.717) is 0 Å². The van der Waals surface area contributed by atoms with Crippen molar-refractivity contribution in [2.24, 2.45) is 0 Å². The van der Waals surface area contributed by atoms with E-state index in [1.165, 1.54) is 23.8 Å². The molecule has 5 nitrogen and oxygen atoms in total. The molecule has 2 N–H and O–H groups in total. The van der Waals surface area contributed by atoms with Gasteiger partial charge >= 0.3 is 5.97 Å². The molecule has 25 heavy (non-hydrogen) atoms. The molecule has 0 saturated heterocycles. The third-order valence-corrected chi connectivity index (χ3v) is 4.16. The van der Waals surface area contributed by atoms with E-state index in [0.717, 1.165) is 11.1 Å². The van der Waals surface area contributed by atoms with Gasteiger partial charge in [-0.25, -0.2) is 4.79 Å². The zero-order valence-electron chi connectivity index (χ0n) is 14.3. The lowest BCUT2D eigenvalue weighted by Crippen LogP contribution is -2.31. The molecule has 0 aliphatic heterocycles. The van der Waals surface area contributed by atoms with Crippen molar-refractivity contribution in [1.82, 2.24) is 5.32 Å². The van der Waals surface area contributed by atoms with E-state index in [1.54, 1.807) is 0 Å². The Morgan fingerprint density at radius 3 is 2.56 bits per heavy atom. The molecule has 1 amide bonds. The number of aryl methyl sites for hydroxylation is 2. The lowest BCUT2D eigenvalue weighted by Gasteiger charge is -2.16. The molecule has 0 aliphatic rings. The van der Waals surface area contributed by atoms with E-state index < -0.39 is 18.5 Å². The predicted octanol–water partition coefficient (Wildman–Crippen LogP) is 3.70. The zero-order valence-corrected chi connectivity index (χ0v) is 15.1. The molecular weight excluding hydrogens is 342 g/mol. The molecule has 0 spiro atoms. The molecule has 0 radical (unpaired) electrons. The van der Waals surface area contributed by atoms with Gasteiger partial charge in [-0.15, -0.1) is 0 Å². The Hall–Kier alpha value is -2.53. The normalized spacial score (nSPS) is 11.7. The van der Waals surface area contributed by atoms with E-state index in [4.69, 9.17) is 16.3 Å². The number of aromatic hydroxyl groups is 1. The third kappa shape index (κ3) is 4.97. The monoisotopic (exact) mass is 361 g/mol. The molecule has 0 fully saturated rings. The highest BCUT2D eigenvalue weighted by molar-refractivity contribution is 6.31. The van der Waals surface area contributed by atoms with Crippen LogP contribution in [-0.4, -0.2) is 23.6 Å². The third-order valence-electron chi connectivity index (χ3n) is 3.92. The Kier molecular flexibility index (Phi) is 6.04. The summed E-state index contributed by atoms with van der Waals surface area (Å²) >= 11 is 5.79. The van der Waals surface area contributed by atoms with Gasteiger partial charge in [0, 0.05) is 5.02 Å². The van der Waals surface area contributed by atoms with E-state index >= 15 is 0 Å². The Balaban J connectivity index is 1.92. The van der Waals surface area contributed by atoms with Gasteiger partial charge in [0.05, 0.1) is 6.04 Å². The highest BCUT2D eigenvalue weighted by Gasteiger charge is 2.16. The smallest absolute Gasteiger partial charge is 0.342 e. The van der Waals surface area contributed by atoms with Crippen molar-refractivity contribution in [3.63, 3.8) is 0 Å². The minimum atomic E-state index is -0.811. The highest BCUT2D eigenvalue weighted by atomic mass is 35.5. The van der Waals surface area contributed by atoms with E-state index in [9.17, 15) is 14.7 Å². The van der Waals surface area contributed by atoms with Crippen LogP contribution in [0.4, 0.5) is 0 Å². The van der Waals surface area contributed by atoms with Crippen LogP contribution in [-0.2, 0) is 9.53 Å². The van der Waals surface area contributed by atoms with E-state index in [-0.39, 0.29) is 22.4 Å². The second-order valence-corrected chi connectivity index (χ2v) is 6.31. The number of esters is 1. The molecule has 132 valence electrons. The number of benzene rings is 2. The molecule has 6 heteroatoms. The summed E-state index contributed by atoms with van der Waals surface area (Å²) in [4.78, 5) is 23.9. The van der Waals surface area contributed by atoms with Crippen LogP contribution in [0.25, 0.3) is 0 Å². The fourth-order valence-corrected chi connectivity index (χ4v) is 2.45. The van der Waals surface area contributed by atoms with Gasteiger partial charge in [0.25, 0.3) is 5.91 Å². The largest absolute Gasteiger partial charge is 0.507 e. The Labute approximate surface area is 151 Å². The second kappa shape index (κ2) is 8.03. The summed E-state index contributed by atoms with van der Waals surface area (Å²) in [6, 6.07) is 9.76. The van der Waals surface area contributed by atoms with Crippen molar-refractivity contribution in [3.8, 4) is 5.75 Å². The molecule has 0 saturated carbocycles. The maximum absolute atomic E-state index is 12.0. The topological polar surface area (TPSA) is 75.6 Å². The number of phenolic OH excluding ortho intramolecular Hbond substituents is 1. The van der Waals surface area contributed by atoms with Gasteiger partial charge in [0.1, 0.15) is 11.3 Å². The van der Waals surface area contributed by atoms with Gasteiger partial charge in [-0.1, -0.05) is 29.8 Å². The van der Waals surface area contributed by atoms with Crippen molar-refractivity contribution >= 4 is 23.5 Å². The van der Waals surface area contributed by atoms with Crippen LogP contribution >= 0.6 is 11.6 Å². The minimum Gasteiger partial charge on any atom is -0.507 e. The Morgan fingerprint density at radius 2 is 1.88 bits per heavy atom. The number of hydrogen-bond donors (Lipinski definition) is 2. The van der Waals surface area contributed by atoms with E-state index in [1.807, 2.05) is 39.0 Å². The molecule has 2 aromatic rings. The van der Waals surface area contributed by atoms with Crippen molar-refractivity contribution in [1.29, 1.82) is 0 Å². The Morgan fingerprint density at radius 1 is 1.16 bits per heavy atom. The van der Waals surface area contributed by atoms with Crippen LogP contribution in [0, 0.1) is 13.8 Å². The zero-order chi connectivity index (χ0) is 18.6. The summed E-state index contributed by atoms with van der Waals surface area (Å²) in [5, 5.41) is 12.7. The molecule has 0 unspecified atom stereocenters. The van der Waals surface area contributed by atoms with Crippen molar-refractivity contribution in [2.75, 3.05) is 6.61 Å². The number of amides is 1. The maximum atomic E-state index is 12.0. The van der Waals surface area contributed by atoms with Crippen LogP contribution < -0.4 is 5.32 Å². The fourth-order valence-electron chi connectivity index (χ4n) is 2.28. The fraction of sp³-hybridized carbons (Fsp3) is 0.263. The molecule has 0 bridgehead atoms. The number of carbonyl (C=O) groups is 2. The minimum absolute atomic E-state index is 0.0810. The van der Waals surface area contributed by atoms with Gasteiger partial charge in [0.2, 0.25) is 0 Å². The van der Waals surface area contributed by atoms with Crippen LogP contribution in [0.2, 0.25) is 5.02 Å². The van der Waals surface area contributed by atoms with Gasteiger partial charge < -0.3 is 15.2 Å². The number of halogens is 1. The second-order valence-electron chi connectivity index (χ2n) is 5.87. The van der Waals surface area contributed by atoms with E-state index in [2.05, 4.69) is 5.32 Å². The number of hydrogen-bond acceptors (Lipinski definition) is 4. The van der Waals surface area contributed by atoms with Crippen LogP contribution in [0.1, 0.15) is 40.0 Å². The molecule has 2 aromatic carbocycles. The summed E-state index contributed by atoms with van der Waals surface area (Å²) in [5.41, 5.74) is 3.21. The number of nitrogens with one attached hydrogen (secondary N) is 1. The first-order valence-electron chi connectivity index (χ1n) is 7.80. The van der Waals surface area contributed by atoms with Crippen molar-refractivity contribution < 1.29 is 19.4 Å². The van der Waals surface area contributed by atoms with Crippen LogP contribution in [0.5, 0.6) is 5.75 Å². The van der Waals surface area contributed by atoms with Gasteiger partial charge in [-0.3, -0.25) is 4.79 Å². The molecular formula is C19H20ClNO4. The molecule has 0 heterocycles. The molecule has 1 atom stereocenters. The summed E-state index contributed by atoms with van der Waals surface area (Å²) in [6.45, 7) is 5.44. The molecule has 0 aromatic heterocycles. The number of phenols is 1. The average molecular weight is 362 g/mol. The first-order chi connectivity index (χ1) is 11.8. The predicted molar refractivity (Wildman–Crippen MR) is 95.9 cm³/mol. The number of carbonyl (C=O) groups excluding carboxylic acids is 2. The summed E-state index contributed by atoms with van der Waals surface area (Å²) in [7, 11) is 0. The molecule has 0 aliphatic carbocycles. The van der Waals surface area contributed by atoms with Crippen molar-refractivity contribution in [3.05, 3.63) is 63.7 Å². The summed E-state index contributed by atoms with van der Waals surface area (Å²) < 4.78 is 4.94. The van der Waals surface area contributed by atoms with Crippen LogP contribution in [0.15, 0.2) is 36.4 Å². The maximum Gasteiger partial charge on any atom is 0.342 e. The highest BCUT2D eigenvalue weighted by Crippen LogP contribution is 2.22. The number of rotatable bonds is 5. The van der Waals surface area contributed by atoms with Gasteiger partial charge in [-0.05, 0) is 55.7 Å². The standard InChI is InChI=1S/C19H20ClNO4/c1-11-4-5-14(8-12(11)2)13(3)21-18(23)10-25-19(24)16-9-15(20)6-7-17(16)22/h4-9,13,22H,10H2,1-3H3,(H,21,23)/t13-/m0/s1.